The first-order valence-corrected chi connectivity index (χ1v) is 7.21. The zero-order valence-electron chi connectivity index (χ0n) is 10.6. The number of benzene rings is 1. The Hall–Kier alpha value is -1.49. The summed E-state index contributed by atoms with van der Waals surface area (Å²) in [7, 11) is 0. The third-order valence-electron chi connectivity index (χ3n) is 3.06. The Bertz CT molecular complexity index is 721. The van der Waals surface area contributed by atoms with Gasteiger partial charge in [-0.2, -0.15) is 0 Å². The van der Waals surface area contributed by atoms with Gasteiger partial charge in [-0.05, 0) is 30.3 Å². The highest BCUT2D eigenvalue weighted by Crippen LogP contribution is 2.35. The number of hydrogen-bond donors (Lipinski definition) is 0. The van der Waals surface area contributed by atoms with Gasteiger partial charge in [-0.25, -0.2) is 4.98 Å². The van der Waals surface area contributed by atoms with Crippen molar-refractivity contribution in [3.05, 3.63) is 51.2 Å². The molecule has 0 spiro atoms. The first kappa shape index (κ1) is 14.4. The fraction of sp³-hybridized carbons (Fsp3) is 0.143. The molecule has 0 bridgehead atoms. The molecule has 1 aliphatic rings. The van der Waals surface area contributed by atoms with E-state index >= 15 is 0 Å². The van der Waals surface area contributed by atoms with E-state index in [1.165, 1.54) is 4.90 Å². The molecule has 7 heteroatoms. The zero-order chi connectivity index (χ0) is 15.0. The average Bonchev–Trinajstić information content (AvgIpc) is 2.46. The van der Waals surface area contributed by atoms with Crippen molar-refractivity contribution < 1.29 is 9.53 Å². The maximum atomic E-state index is 12.1. The summed E-state index contributed by atoms with van der Waals surface area (Å²) in [4.78, 5) is 17.8. The van der Waals surface area contributed by atoms with E-state index in [-0.39, 0.29) is 19.1 Å². The number of aromatic nitrogens is 1. The molecule has 2 heterocycles. The van der Waals surface area contributed by atoms with E-state index < -0.39 is 0 Å². The van der Waals surface area contributed by atoms with Gasteiger partial charge in [0.2, 0.25) is 0 Å². The number of carbonyl (C=O) groups is 1. The van der Waals surface area contributed by atoms with Gasteiger partial charge in [-0.15, -0.1) is 0 Å². The van der Waals surface area contributed by atoms with Crippen LogP contribution in [-0.2, 0) is 11.3 Å². The first-order chi connectivity index (χ1) is 10.0. The summed E-state index contributed by atoms with van der Waals surface area (Å²) < 4.78 is 5.38. The van der Waals surface area contributed by atoms with E-state index in [2.05, 4.69) is 4.98 Å². The molecule has 0 saturated carbocycles. The minimum absolute atomic E-state index is 0.0349. The largest absolute Gasteiger partial charge is 0.482 e. The third kappa shape index (κ3) is 2.93. The normalized spacial score (nSPS) is 13.9. The van der Waals surface area contributed by atoms with E-state index in [0.717, 1.165) is 0 Å². The van der Waals surface area contributed by atoms with Crippen LogP contribution in [0.5, 0.6) is 5.75 Å². The van der Waals surface area contributed by atoms with Gasteiger partial charge in [-0.1, -0.05) is 34.8 Å². The standard InChI is InChI=1S/C14H9Cl3N2O2/c15-8-1-3-12-11(5-8)19(14(20)7-21-12)6-10-9(16)2-4-13(17)18-10/h1-5H,6-7H2. The van der Waals surface area contributed by atoms with Gasteiger partial charge < -0.3 is 4.74 Å². The summed E-state index contributed by atoms with van der Waals surface area (Å²) in [5.74, 6) is 0.403. The van der Waals surface area contributed by atoms with Crippen molar-refractivity contribution in [2.75, 3.05) is 11.5 Å². The summed E-state index contributed by atoms with van der Waals surface area (Å²) in [6.45, 7) is 0.168. The lowest BCUT2D eigenvalue weighted by Gasteiger charge is -2.29. The molecule has 108 valence electrons. The van der Waals surface area contributed by atoms with Crippen LogP contribution in [0.15, 0.2) is 30.3 Å². The fourth-order valence-corrected chi connectivity index (χ4v) is 2.56. The molecule has 4 nitrogen and oxygen atoms in total. The van der Waals surface area contributed by atoms with Crippen molar-refractivity contribution in [3.8, 4) is 5.75 Å². The minimum atomic E-state index is -0.192. The number of rotatable bonds is 2. The molecule has 21 heavy (non-hydrogen) atoms. The highest BCUT2D eigenvalue weighted by molar-refractivity contribution is 6.32. The predicted molar refractivity (Wildman–Crippen MR) is 82.4 cm³/mol. The molecule has 1 aliphatic heterocycles. The summed E-state index contributed by atoms with van der Waals surface area (Å²) in [5.41, 5.74) is 1.11. The Morgan fingerprint density at radius 2 is 2.00 bits per heavy atom. The monoisotopic (exact) mass is 342 g/mol. The number of carbonyl (C=O) groups excluding carboxylic acids is 1. The minimum Gasteiger partial charge on any atom is -0.482 e. The van der Waals surface area contributed by atoms with Crippen LogP contribution in [0.25, 0.3) is 0 Å². The quantitative estimate of drug-likeness (QED) is 0.775. The second-order valence-corrected chi connectivity index (χ2v) is 5.67. The molecule has 1 aromatic carbocycles. The molecule has 3 rings (SSSR count). The van der Waals surface area contributed by atoms with E-state index in [4.69, 9.17) is 39.5 Å². The molecule has 0 unspecified atom stereocenters. The van der Waals surface area contributed by atoms with Crippen LogP contribution in [0.4, 0.5) is 5.69 Å². The number of hydrogen-bond acceptors (Lipinski definition) is 3. The van der Waals surface area contributed by atoms with Crippen LogP contribution in [0.2, 0.25) is 15.2 Å². The van der Waals surface area contributed by atoms with Crippen LogP contribution in [0.1, 0.15) is 5.69 Å². The number of halogens is 3. The van der Waals surface area contributed by atoms with Crippen molar-refractivity contribution in [2.24, 2.45) is 0 Å². The Balaban J connectivity index is 2.00. The van der Waals surface area contributed by atoms with Crippen molar-refractivity contribution in [1.29, 1.82) is 0 Å². The lowest BCUT2D eigenvalue weighted by atomic mass is 10.2. The highest BCUT2D eigenvalue weighted by Gasteiger charge is 2.27. The van der Waals surface area contributed by atoms with Crippen molar-refractivity contribution in [1.82, 2.24) is 4.98 Å². The fourth-order valence-electron chi connectivity index (χ4n) is 2.07. The predicted octanol–water partition coefficient (Wildman–Crippen LogP) is 3.97. The van der Waals surface area contributed by atoms with Crippen molar-refractivity contribution >= 4 is 46.4 Å². The second-order valence-electron chi connectivity index (χ2n) is 4.44. The average molecular weight is 344 g/mol. The molecule has 0 aliphatic carbocycles. The van der Waals surface area contributed by atoms with Crippen LogP contribution < -0.4 is 9.64 Å². The second kappa shape index (κ2) is 5.72. The van der Waals surface area contributed by atoms with Crippen molar-refractivity contribution in [3.63, 3.8) is 0 Å². The number of anilines is 1. The number of pyridine rings is 1. The third-order valence-corrected chi connectivity index (χ3v) is 3.85. The number of nitrogens with zero attached hydrogens (tertiary/aromatic N) is 2. The maximum Gasteiger partial charge on any atom is 0.265 e. The van der Waals surface area contributed by atoms with Gasteiger partial charge in [0, 0.05) is 5.02 Å². The van der Waals surface area contributed by atoms with Gasteiger partial charge >= 0.3 is 0 Å². The Labute approximate surface area is 136 Å². The lowest BCUT2D eigenvalue weighted by molar-refractivity contribution is -0.121. The molecule has 2 aromatic rings. The number of ether oxygens (including phenoxy) is 1. The summed E-state index contributed by atoms with van der Waals surface area (Å²) in [5, 5.41) is 1.28. The molecule has 1 amide bonds. The zero-order valence-corrected chi connectivity index (χ0v) is 12.9. The Morgan fingerprint density at radius 3 is 2.81 bits per heavy atom. The molecule has 0 saturated heterocycles. The van der Waals surface area contributed by atoms with Gasteiger partial charge in [-0.3, -0.25) is 9.69 Å². The lowest BCUT2D eigenvalue weighted by Crippen LogP contribution is -2.38. The summed E-state index contributed by atoms with van der Waals surface area (Å²) in [6, 6.07) is 8.35. The Kier molecular flexibility index (Phi) is 3.93. The topological polar surface area (TPSA) is 42.4 Å². The van der Waals surface area contributed by atoms with Crippen LogP contribution in [0.3, 0.4) is 0 Å². The smallest absolute Gasteiger partial charge is 0.265 e. The number of fused-ring (bicyclic) bond motifs is 1. The van der Waals surface area contributed by atoms with E-state index in [1.807, 2.05) is 0 Å². The summed E-state index contributed by atoms with van der Waals surface area (Å²) >= 11 is 18.0. The van der Waals surface area contributed by atoms with Crippen LogP contribution in [-0.4, -0.2) is 17.5 Å². The van der Waals surface area contributed by atoms with Gasteiger partial charge in [0.05, 0.1) is 22.9 Å². The number of amides is 1. The molecular weight excluding hydrogens is 335 g/mol. The molecular formula is C14H9Cl3N2O2. The highest BCUT2D eigenvalue weighted by atomic mass is 35.5. The van der Waals surface area contributed by atoms with Gasteiger partial charge in [0.25, 0.3) is 5.91 Å². The summed E-state index contributed by atoms with van der Waals surface area (Å²) in [6.07, 6.45) is 0. The molecule has 0 fully saturated rings. The Morgan fingerprint density at radius 1 is 1.19 bits per heavy atom. The van der Waals surface area contributed by atoms with E-state index in [1.54, 1.807) is 30.3 Å². The first-order valence-electron chi connectivity index (χ1n) is 6.08. The molecule has 0 atom stereocenters. The van der Waals surface area contributed by atoms with E-state index in [0.29, 0.717) is 32.3 Å². The van der Waals surface area contributed by atoms with Gasteiger partial charge in [0.1, 0.15) is 10.9 Å². The van der Waals surface area contributed by atoms with Crippen molar-refractivity contribution in [2.45, 2.75) is 6.54 Å². The van der Waals surface area contributed by atoms with E-state index in [9.17, 15) is 4.79 Å². The molecule has 0 radical (unpaired) electrons. The maximum absolute atomic E-state index is 12.1. The van der Waals surface area contributed by atoms with Crippen LogP contribution >= 0.6 is 34.8 Å². The van der Waals surface area contributed by atoms with Crippen LogP contribution in [0, 0.1) is 0 Å². The molecule has 1 aromatic heterocycles. The molecule has 0 N–H and O–H groups in total. The van der Waals surface area contributed by atoms with Gasteiger partial charge in [0.15, 0.2) is 6.61 Å². The SMILES string of the molecule is O=C1COc2ccc(Cl)cc2N1Cc1nc(Cl)ccc1Cl.